The number of carbonyl (C=O) groups excluding carboxylic acids is 1. The van der Waals surface area contributed by atoms with Gasteiger partial charge in [-0.25, -0.2) is 9.67 Å². The molecule has 2 aromatic heterocycles. The largest absolute Gasteiger partial charge is 0.418 e. The highest BCUT2D eigenvalue weighted by Crippen LogP contribution is 2.33. The third kappa shape index (κ3) is 4.70. The van der Waals surface area contributed by atoms with Crippen molar-refractivity contribution in [2.45, 2.75) is 26.6 Å². The molecule has 1 amide bonds. The van der Waals surface area contributed by atoms with E-state index in [1.165, 1.54) is 30.0 Å². The molecule has 4 aromatic rings. The maximum Gasteiger partial charge on any atom is 0.418 e. The van der Waals surface area contributed by atoms with Crippen LogP contribution >= 0.6 is 0 Å². The van der Waals surface area contributed by atoms with Gasteiger partial charge in [-0.05, 0) is 38.1 Å². The Hall–Kier alpha value is -4.28. The quantitative estimate of drug-likeness (QED) is 0.469. The number of nitrogens with zero attached hydrogens (tertiary/aromatic N) is 4. The molecule has 0 atom stereocenters. The molecule has 2 aromatic carbocycles. The Morgan fingerprint density at radius 3 is 2.49 bits per heavy atom. The Balaban J connectivity index is 1.74. The van der Waals surface area contributed by atoms with Crippen LogP contribution in [0.2, 0.25) is 0 Å². The van der Waals surface area contributed by atoms with Gasteiger partial charge in [0.15, 0.2) is 5.69 Å². The molecule has 0 fully saturated rings. The summed E-state index contributed by atoms with van der Waals surface area (Å²) in [6.45, 7) is 3.08. The van der Waals surface area contributed by atoms with E-state index >= 15 is 0 Å². The predicted molar refractivity (Wildman–Crippen MR) is 122 cm³/mol. The van der Waals surface area contributed by atoms with Crippen LogP contribution in [0.3, 0.4) is 0 Å². The number of aromatic nitrogens is 4. The lowest BCUT2D eigenvalue weighted by Crippen LogP contribution is -2.36. The first kappa shape index (κ1) is 23.9. The van der Waals surface area contributed by atoms with Gasteiger partial charge in [0.1, 0.15) is 5.82 Å². The van der Waals surface area contributed by atoms with Crippen LogP contribution in [0.4, 0.5) is 13.2 Å². The summed E-state index contributed by atoms with van der Waals surface area (Å²) in [5, 5.41) is 4.40. The van der Waals surface area contributed by atoms with Gasteiger partial charge in [-0.1, -0.05) is 24.3 Å². The first-order valence-electron chi connectivity index (χ1n) is 10.6. The molecule has 0 aliphatic heterocycles. The van der Waals surface area contributed by atoms with E-state index in [2.05, 4.69) is 15.1 Å². The van der Waals surface area contributed by atoms with Crippen LogP contribution in [0, 0.1) is 6.92 Å². The van der Waals surface area contributed by atoms with Crippen molar-refractivity contribution >= 4 is 16.8 Å². The molecule has 8 nitrogen and oxygen atoms in total. The summed E-state index contributed by atoms with van der Waals surface area (Å²) in [5.41, 5.74) is -2.35. The van der Waals surface area contributed by atoms with Gasteiger partial charge in [-0.15, -0.1) is 0 Å². The van der Waals surface area contributed by atoms with Crippen LogP contribution < -0.4 is 11.0 Å². The highest BCUT2D eigenvalue weighted by atomic mass is 19.4. The minimum atomic E-state index is -4.67. The SMILES string of the molecule is CCN(Cc1nc2ccccc2c(=O)[nH]1)C(=O)c1nn(-c2ccccc2C(F)(F)F)c(C)cc1=O. The summed E-state index contributed by atoms with van der Waals surface area (Å²) in [5.74, 6) is -0.606. The molecule has 180 valence electrons. The fourth-order valence-electron chi connectivity index (χ4n) is 3.70. The molecule has 0 aliphatic rings. The number of aromatic amines is 1. The fraction of sp³-hybridized carbons (Fsp3) is 0.208. The van der Waals surface area contributed by atoms with E-state index in [-0.39, 0.29) is 35.9 Å². The van der Waals surface area contributed by atoms with Gasteiger partial charge in [0.2, 0.25) is 5.43 Å². The second-order valence-corrected chi connectivity index (χ2v) is 7.77. The number of nitrogens with one attached hydrogen (secondary N) is 1. The Labute approximate surface area is 196 Å². The number of rotatable bonds is 5. The van der Waals surface area contributed by atoms with Crippen molar-refractivity contribution in [2.24, 2.45) is 0 Å². The highest BCUT2D eigenvalue weighted by Gasteiger charge is 2.34. The number of halogens is 3. The molecule has 11 heteroatoms. The smallest absolute Gasteiger partial charge is 0.330 e. The van der Waals surface area contributed by atoms with Gasteiger partial charge in [-0.3, -0.25) is 14.4 Å². The maximum absolute atomic E-state index is 13.6. The number of carbonyl (C=O) groups is 1. The van der Waals surface area contributed by atoms with Crippen LogP contribution in [-0.2, 0) is 12.7 Å². The van der Waals surface area contributed by atoms with Crippen molar-refractivity contribution < 1.29 is 18.0 Å². The Bertz CT molecular complexity index is 1540. The van der Waals surface area contributed by atoms with Gasteiger partial charge >= 0.3 is 6.18 Å². The summed E-state index contributed by atoms with van der Waals surface area (Å²) >= 11 is 0. The summed E-state index contributed by atoms with van der Waals surface area (Å²) in [6.07, 6.45) is -4.67. The summed E-state index contributed by atoms with van der Waals surface area (Å²) in [6, 6.07) is 12.5. The Kier molecular flexibility index (Phi) is 6.25. The zero-order valence-electron chi connectivity index (χ0n) is 18.8. The zero-order valence-corrected chi connectivity index (χ0v) is 18.8. The van der Waals surface area contributed by atoms with E-state index in [1.54, 1.807) is 31.2 Å². The molecule has 0 unspecified atom stereocenters. The van der Waals surface area contributed by atoms with E-state index in [0.717, 1.165) is 16.8 Å². The number of H-pyrrole nitrogens is 1. The molecular formula is C24H20F3N5O3. The Morgan fingerprint density at radius 1 is 1.09 bits per heavy atom. The number of benzene rings is 2. The Morgan fingerprint density at radius 2 is 1.77 bits per heavy atom. The number of fused-ring (bicyclic) bond motifs is 1. The molecule has 0 aliphatic carbocycles. The van der Waals surface area contributed by atoms with Crippen LogP contribution in [0.25, 0.3) is 16.6 Å². The molecule has 0 radical (unpaired) electrons. The van der Waals surface area contributed by atoms with Gasteiger partial charge in [0.25, 0.3) is 11.5 Å². The zero-order chi connectivity index (χ0) is 25.3. The van der Waals surface area contributed by atoms with E-state index in [4.69, 9.17) is 0 Å². The average Bonchev–Trinajstić information content (AvgIpc) is 2.82. The lowest BCUT2D eigenvalue weighted by molar-refractivity contribution is -0.137. The molecule has 0 saturated carbocycles. The van der Waals surface area contributed by atoms with Gasteiger partial charge in [-0.2, -0.15) is 18.3 Å². The van der Waals surface area contributed by atoms with Crippen LogP contribution in [-0.4, -0.2) is 37.1 Å². The first-order chi connectivity index (χ1) is 16.6. The summed E-state index contributed by atoms with van der Waals surface area (Å²) in [4.78, 5) is 46.4. The standard InChI is InChI=1S/C24H20F3N5O3/c1-3-31(13-20-28-17-10-6-4-8-15(17)22(34)29-20)23(35)21-19(33)12-14(2)32(30-21)18-11-7-5-9-16(18)24(25,26)27/h4-12H,3,13H2,1-2H3,(H,28,29,34). The molecule has 0 saturated heterocycles. The van der Waals surface area contributed by atoms with Gasteiger partial charge in [0.05, 0.1) is 28.7 Å². The fourth-order valence-corrected chi connectivity index (χ4v) is 3.70. The molecule has 35 heavy (non-hydrogen) atoms. The van der Waals surface area contributed by atoms with Crippen LogP contribution in [0.15, 0.2) is 64.2 Å². The topological polar surface area (TPSA) is 101 Å². The first-order valence-corrected chi connectivity index (χ1v) is 10.6. The number of hydrogen-bond acceptors (Lipinski definition) is 5. The third-order valence-electron chi connectivity index (χ3n) is 5.42. The van der Waals surface area contributed by atoms with Crippen molar-refractivity contribution in [1.82, 2.24) is 24.6 Å². The molecular weight excluding hydrogens is 463 g/mol. The second kappa shape index (κ2) is 9.16. The van der Waals surface area contributed by atoms with Crippen molar-refractivity contribution in [3.05, 3.63) is 98.0 Å². The van der Waals surface area contributed by atoms with E-state index in [9.17, 15) is 27.6 Å². The molecule has 4 rings (SSSR count). The van der Waals surface area contributed by atoms with Gasteiger partial charge in [0, 0.05) is 18.3 Å². The monoisotopic (exact) mass is 483 g/mol. The van der Waals surface area contributed by atoms with Crippen LogP contribution in [0.1, 0.15) is 34.5 Å². The molecule has 0 spiro atoms. The predicted octanol–water partition coefficient (Wildman–Crippen LogP) is 3.46. The normalized spacial score (nSPS) is 11.6. The third-order valence-corrected chi connectivity index (χ3v) is 5.42. The van der Waals surface area contributed by atoms with Crippen molar-refractivity contribution in [1.29, 1.82) is 0 Å². The average molecular weight is 483 g/mol. The minimum absolute atomic E-state index is 0.128. The lowest BCUT2D eigenvalue weighted by Gasteiger charge is -2.21. The second-order valence-electron chi connectivity index (χ2n) is 7.77. The number of alkyl halides is 3. The number of para-hydroxylation sites is 2. The minimum Gasteiger partial charge on any atom is -0.330 e. The van der Waals surface area contributed by atoms with E-state index in [1.807, 2.05) is 0 Å². The van der Waals surface area contributed by atoms with E-state index < -0.39 is 28.8 Å². The maximum atomic E-state index is 13.6. The van der Waals surface area contributed by atoms with Crippen LogP contribution in [0.5, 0.6) is 0 Å². The molecule has 1 N–H and O–H groups in total. The number of hydrogen-bond donors (Lipinski definition) is 1. The van der Waals surface area contributed by atoms with Crippen molar-refractivity contribution in [3.63, 3.8) is 0 Å². The van der Waals surface area contributed by atoms with Crippen molar-refractivity contribution in [3.8, 4) is 5.69 Å². The van der Waals surface area contributed by atoms with E-state index in [0.29, 0.717) is 10.9 Å². The van der Waals surface area contributed by atoms with Gasteiger partial charge < -0.3 is 9.88 Å². The molecule has 2 heterocycles. The molecule has 0 bridgehead atoms. The lowest BCUT2D eigenvalue weighted by atomic mass is 10.1. The van der Waals surface area contributed by atoms with Crippen molar-refractivity contribution in [2.75, 3.05) is 6.54 Å². The highest BCUT2D eigenvalue weighted by molar-refractivity contribution is 5.92. The summed E-state index contributed by atoms with van der Waals surface area (Å²) < 4.78 is 41.6. The summed E-state index contributed by atoms with van der Waals surface area (Å²) in [7, 11) is 0. The number of amides is 1. The number of aryl methyl sites for hydroxylation is 1.